The van der Waals surface area contributed by atoms with Crippen LogP contribution in [0.25, 0.3) is 5.57 Å². The number of allylic oxidation sites excluding steroid dienone is 3. The fourth-order valence-electron chi connectivity index (χ4n) is 1.46. The average Bonchev–Trinajstić information content (AvgIpc) is 2.15. The fourth-order valence-corrected chi connectivity index (χ4v) is 1.46. The van der Waals surface area contributed by atoms with Gasteiger partial charge in [-0.05, 0) is 31.1 Å². The van der Waals surface area contributed by atoms with E-state index >= 15 is 0 Å². The van der Waals surface area contributed by atoms with Crippen molar-refractivity contribution >= 4 is 5.57 Å². The molecule has 2 rings (SSSR count). The van der Waals surface area contributed by atoms with Crippen LogP contribution in [0.2, 0.25) is 0 Å². The number of ether oxygens (including phenoxy) is 1. The lowest BCUT2D eigenvalue weighted by Gasteiger charge is -2.21. The topological polar surface area (TPSA) is 9.23 Å². The van der Waals surface area contributed by atoms with Crippen LogP contribution in [-0.2, 0) is 0 Å². The first-order valence-electron chi connectivity index (χ1n) is 4.34. The minimum atomic E-state index is 0.913. The Labute approximate surface area is 78.3 Å². The van der Waals surface area contributed by atoms with Gasteiger partial charge in [-0.3, -0.25) is 0 Å². The van der Waals surface area contributed by atoms with Crippen LogP contribution >= 0.6 is 0 Å². The molecule has 1 aliphatic heterocycles. The third-order valence-corrected chi connectivity index (χ3v) is 2.46. The molecular weight excluding hydrogens is 160 g/mol. The fraction of sp³-hybridized carbons (Fsp3) is 0.167. The average molecular weight is 172 g/mol. The molecule has 1 heteroatoms. The lowest BCUT2D eigenvalue weighted by Crippen LogP contribution is -2.04. The molecule has 0 fully saturated rings. The predicted octanol–water partition coefficient (Wildman–Crippen LogP) is 3.39. The highest BCUT2D eigenvalue weighted by atomic mass is 16.5. The van der Waals surface area contributed by atoms with Gasteiger partial charge in [0.25, 0.3) is 0 Å². The molecule has 0 N–H and O–H groups in total. The van der Waals surface area contributed by atoms with E-state index in [-0.39, 0.29) is 0 Å². The number of benzene rings is 1. The number of hydrogen-bond donors (Lipinski definition) is 0. The zero-order chi connectivity index (χ0) is 9.42. The summed E-state index contributed by atoms with van der Waals surface area (Å²) in [7, 11) is 0. The van der Waals surface area contributed by atoms with Crippen molar-refractivity contribution in [2.24, 2.45) is 0 Å². The van der Waals surface area contributed by atoms with Crippen molar-refractivity contribution in [2.75, 3.05) is 0 Å². The smallest absolute Gasteiger partial charge is 0.134 e. The van der Waals surface area contributed by atoms with Crippen LogP contribution in [-0.4, -0.2) is 0 Å². The van der Waals surface area contributed by atoms with Crippen molar-refractivity contribution in [1.29, 1.82) is 0 Å². The molecule has 0 spiro atoms. The molecule has 0 saturated heterocycles. The Balaban J connectivity index is 2.59. The summed E-state index contributed by atoms with van der Waals surface area (Å²) >= 11 is 0. The van der Waals surface area contributed by atoms with Crippen LogP contribution < -0.4 is 4.74 Å². The largest absolute Gasteiger partial charge is 0.461 e. The first kappa shape index (κ1) is 8.11. The molecule has 0 radical (unpaired) electrons. The van der Waals surface area contributed by atoms with Crippen LogP contribution in [0.5, 0.6) is 5.75 Å². The lowest BCUT2D eigenvalue weighted by atomic mass is 9.97. The van der Waals surface area contributed by atoms with Gasteiger partial charge in [0, 0.05) is 5.56 Å². The van der Waals surface area contributed by atoms with Crippen molar-refractivity contribution in [1.82, 2.24) is 0 Å². The van der Waals surface area contributed by atoms with Gasteiger partial charge < -0.3 is 4.74 Å². The summed E-state index contributed by atoms with van der Waals surface area (Å²) in [5.74, 6) is 1.86. The molecular formula is C12H12O. The van der Waals surface area contributed by atoms with Crippen molar-refractivity contribution in [3.63, 3.8) is 0 Å². The number of para-hydroxylation sites is 1. The normalized spacial score (nSPS) is 15.4. The third kappa shape index (κ3) is 1.17. The zero-order valence-corrected chi connectivity index (χ0v) is 7.92. The molecule has 1 heterocycles. The molecule has 1 aromatic carbocycles. The number of hydrogen-bond acceptors (Lipinski definition) is 1. The van der Waals surface area contributed by atoms with Crippen molar-refractivity contribution in [3.8, 4) is 5.75 Å². The Morgan fingerprint density at radius 3 is 2.62 bits per heavy atom. The Kier molecular flexibility index (Phi) is 1.73. The van der Waals surface area contributed by atoms with Gasteiger partial charge in [0.15, 0.2) is 0 Å². The minimum absolute atomic E-state index is 0.913. The molecule has 0 unspecified atom stereocenters. The Morgan fingerprint density at radius 2 is 1.85 bits per heavy atom. The van der Waals surface area contributed by atoms with Gasteiger partial charge in [-0.2, -0.15) is 0 Å². The molecule has 0 atom stereocenters. The van der Waals surface area contributed by atoms with Crippen LogP contribution in [0.1, 0.15) is 19.4 Å². The highest BCUT2D eigenvalue weighted by Crippen LogP contribution is 2.36. The quantitative estimate of drug-likeness (QED) is 0.583. The highest BCUT2D eigenvalue weighted by Gasteiger charge is 2.16. The van der Waals surface area contributed by atoms with E-state index in [9.17, 15) is 0 Å². The van der Waals surface area contributed by atoms with Crippen LogP contribution in [0, 0.1) is 0 Å². The highest BCUT2D eigenvalue weighted by molar-refractivity contribution is 5.82. The van der Waals surface area contributed by atoms with Gasteiger partial charge in [0.1, 0.15) is 11.5 Å². The second-order valence-corrected chi connectivity index (χ2v) is 3.26. The van der Waals surface area contributed by atoms with Gasteiger partial charge in [0.05, 0.1) is 0 Å². The molecule has 0 saturated carbocycles. The summed E-state index contributed by atoms with van der Waals surface area (Å²) in [6.07, 6.45) is 0. The van der Waals surface area contributed by atoms with E-state index < -0.39 is 0 Å². The second-order valence-electron chi connectivity index (χ2n) is 3.26. The maximum Gasteiger partial charge on any atom is 0.134 e. The summed E-state index contributed by atoms with van der Waals surface area (Å²) in [6.45, 7) is 8.05. The minimum Gasteiger partial charge on any atom is -0.461 e. The number of rotatable bonds is 0. The maximum atomic E-state index is 5.63. The van der Waals surface area contributed by atoms with Gasteiger partial charge in [-0.25, -0.2) is 0 Å². The van der Waals surface area contributed by atoms with E-state index in [1.54, 1.807) is 0 Å². The summed E-state index contributed by atoms with van der Waals surface area (Å²) in [5, 5.41) is 0. The summed E-state index contributed by atoms with van der Waals surface area (Å²) < 4.78 is 5.63. The molecule has 13 heavy (non-hydrogen) atoms. The van der Waals surface area contributed by atoms with E-state index in [4.69, 9.17) is 4.74 Å². The molecule has 1 aliphatic rings. The lowest BCUT2D eigenvalue weighted by molar-refractivity contribution is 0.417. The van der Waals surface area contributed by atoms with Crippen LogP contribution in [0.3, 0.4) is 0 Å². The van der Waals surface area contributed by atoms with Gasteiger partial charge in [-0.15, -0.1) is 0 Å². The van der Waals surface area contributed by atoms with E-state index in [0.29, 0.717) is 0 Å². The van der Waals surface area contributed by atoms with Gasteiger partial charge in [0.2, 0.25) is 0 Å². The Hall–Kier alpha value is -1.50. The first-order valence-corrected chi connectivity index (χ1v) is 4.34. The SMILES string of the molecule is C=C1C(C)=C(C)Oc2ccccc21. The van der Waals surface area contributed by atoms with Gasteiger partial charge in [-0.1, -0.05) is 24.8 Å². The zero-order valence-electron chi connectivity index (χ0n) is 7.92. The monoisotopic (exact) mass is 172 g/mol. The predicted molar refractivity (Wildman–Crippen MR) is 54.5 cm³/mol. The molecule has 1 aromatic rings. The molecule has 1 nitrogen and oxygen atoms in total. The van der Waals surface area contributed by atoms with Crippen molar-refractivity contribution in [2.45, 2.75) is 13.8 Å². The maximum absolute atomic E-state index is 5.63. The van der Waals surface area contributed by atoms with Crippen LogP contribution in [0.15, 0.2) is 42.2 Å². The summed E-state index contributed by atoms with van der Waals surface area (Å²) in [4.78, 5) is 0. The molecule has 0 bridgehead atoms. The molecule has 0 aliphatic carbocycles. The molecule has 0 amide bonds. The van der Waals surface area contributed by atoms with Crippen molar-refractivity contribution in [3.05, 3.63) is 47.7 Å². The summed E-state index contributed by atoms with van der Waals surface area (Å²) in [6, 6.07) is 7.98. The standard InChI is InChI=1S/C12H12O/c1-8-9(2)11-6-4-5-7-12(11)13-10(8)3/h4-7H,2H2,1,3H3. The van der Waals surface area contributed by atoms with Crippen LogP contribution in [0.4, 0.5) is 0 Å². The Morgan fingerprint density at radius 1 is 1.15 bits per heavy atom. The third-order valence-electron chi connectivity index (χ3n) is 2.46. The summed E-state index contributed by atoms with van der Waals surface area (Å²) in [5.41, 5.74) is 3.31. The van der Waals surface area contributed by atoms with E-state index in [1.807, 2.05) is 38.1 Å². The van der Waals surface area contributed by atoms with E-state index in [2.05, 4.69) is 6.58 Å². The molecule has 66 valence electrons. The van der Waals surface area contributed by atoms with Crippen molar-refractivity contribution < 1.29 is 4.74 Å². The van der Waals surface area contributed by atoms with Gasteiger partial charge >= 0.3 is 0 Å². The Bertz CT molecular complexity index is 399. The van der Waals surface area contributed by atoms with E-state index in [0.717, 1.165) is 28.2 Å². The molecule has 0 aromatic heterocycles. The first-order chi connectivity index (χ1) is 6.20. The second kappa shape index (κ2) is 2.77. The van der Waals surface area contributed by atoms with E-state index in [1.165, 1.54) is 0 Å². The number of fused-ring (bicyclic) bond motifs is 1.